The smallest absolute Gasteiger partial charge is 0.318 e. The molecule has 122 valence electrons. The number of nitrogens with zero attached hydrogens (tertiary/aromatic N) is 3. The van der Waals surface area contributed by atoms with E-state index in [9.17, 15) is 0 Å². The molecule has 1 rings (SSSR count). The van der Waals surface area contributed by atoms with Gasteiger partial charge in [-0.3, -0.25) is 0 Å². The van der Waals surface area contributed by atoms with Crippen LogP contribution in [0, 0.1) is 11.8 Å². The standard InChI is InChI=1S/C16H32N4O/c1-7-17-14(6)15-18-19-16(21-15)20(10-8-12(2)3)11-9-13(4)5/h12-14,17H,7-11H2,1-6H3. The second kappa shape index (κ2) is 9.03. The van der Waals surface area contributed by atoms with Gasteiger partial charge in [0.15, 0.2) is 0 Å². The fourth-order valence-corrected chi connectivity index (χ4v) is 2.05. The molecule has 0 fully saturated rings. The Kier molecular flexibility index (Phi) is 7.72. The van der Waals surface area contributed by atoms with E-state index in [2.05, 4.69) is 55.0 Å². The molecule has 0 radical (unpaired) electrons. The zero-order valence-corrected chi connectivity index (χ0v) is 14.5. The molecular weight excluding hydrogens is 264 g/mol. The highest BCUT2D eigenvalue weighted by Gasteiger charge is 2.18. The molecule has 1 N–H and O–H groups in total. The van der Waals surface area contributed by atoms with Crippen LogP contribution in [0.5, 0.6) is 0 Å². The predicted octanol–water partition coefficient (Wildman–Crippen LogP) is 3.64. The van der Waals surface area contributed by atoms with Gasteiger partial charge in [-0.1, -0.05) is 39.7 Å². The van der Waals surface area contributed by atoms with Crippen LogP contribution in [0.25, 0.3) is 0 Å². The minimum Gasteiger partial charge on any atom is -0.406 e. The van der Waals surface area contributed by atoms with E-state index in [1.165, 1.54) is 0 Å². The largest absolute Gasteiger partial charge is 0.406 e. The average Bonchev–Trinajstić information content (AvgIpc) is 2.88. The highest BCUT2D eigenvalue weighted by Crippen LogP contribution is 2.19. The van der Waals surface area contributed by atoms with Gasteiger partial charge in [0.05, 0.1) is 6.04 Å². The number of aromatic nitrogens is 2. The van der Waals surface area contributed by atoms with Crippen molar-refractivity contribution in [2.45, 2.75) is 60.4 Å². The van der Waals surface area contributed by atoms with Crippen LogP contribution in [0.3, 0.4) is 0 Å². The van der Waals surface area contributed by atoms with Gasteiger partial charge in [-0.25, -0.2) is 0 Å². The van der Waals surface area contributed by atoms with Crippen LogP contribution in [0.1, 0.15) is 66.3 Å². The lowest BCUT2D eigenvalue weighted by molar-refractivity contribution is 0.412. The molecule has 0 bridgehead atoms. The minimum absolute atomic E-state index is 0.105. The molecule has 0 amide bonds. The van der Waals surface area contributed by atoms with Crippen LogP contribution in [0.4, 0.5) is 6.01 Å². The fraction of sp³-hybridized carbons (Fsp3) is 0.875. The Morgan fingerprint density at radius 2 is 1.57 bits per heavy atom. The van der Waals surface area contributed by atoms with Gasteiger partial charge in [0, 0.05) is 13.1 Å². The molecule has 0 saturated heterocycles. The van der Waals surface area contributed by atoms with Crippen molar-refractivity contribution in [1.29, 1.82) is 0 Å². The summed E-state index contributed by atoms with van der Waals surface area (Å²) in [6.45, 7) is 15.9. The molecule has 1 aromatic heterocycles. The third-order valence-electron chi connectivity index (χ3n) is 3.53. The topological polar surface area (TPSA) is 54.2 Å². The molecule has 21 heavy (non-hydrogen) atoms. The van der Waals surface area contributed by atoms with Gasteiger partial charge >= 0.3 is 6.01 Å². The first-order chi connectivity index (χ1) is 9.93. The van der Waals surface area contributed by atoms with Crippen LogP contribution in [-0.2, 0) is 0 Å². The van der Waals surface area contributed by atoms with Crippen molar-refractivity contribution in [1.82, 2.24) is 15.5 Å². The van der Waals surface area contributed by atoms with E-state index in [1.54, 1.807) is 0 Å². The molecule has 0 spiro atoms. The van der Waals surface area contributed by atoms with Gasteiger partial charge < -0.3 is 14.6 Å². The van der Waals surface area contributed by atoms with E-state index in [-0.39, 0.29) is 6.04 Å². The Hall–Kier alpha value is -1.10. The second-order valence-corrected chi connectivity index (χ2v) is 6.55. The molecule has 1 unspecified atom stereocenters. The lowest BCUT2D eigenvalue weighted by Crippen LogP contribution is -2.27. The summed E-state index contributed by atoms with van der Waals surface area (Å²) in [6, 6.07) is 0.768. The summed E-state index contributed by atoms with van der Waals surface area (Å²) in [5, 5.41) is 11.7. The van der Waals surface area contributed by atoms with E-state index < -0.39 is 0 Å². The van der Waals surface area contributed by atoms with E-state index in [0.29, 0.717) is 23.7 Å². The van der Waals surface area contributed by atoms with Crippen LogP contribution >= 0.6 is 0 Å². The average molecular weight is 296 g/mol. The molecule has 1 atom stereocenters. The van der Waals surface area contributed by atoms with E-state index >= 15 is 0 Å². The Balaban J connectivity index is 2.71. The lowest BCUT2D eigenvalue weighted by Gasteiger charge is -2.22. The summed E-state index contributed by atoms with van der Waals surface area (Å²) in [5.41, 5.74) is 0. The number of rotatable bonds is 10. The Bertz CT molecular complexity index is 377. The van der Waals surface area contributed by atoms with Gasteiger partial charge in [-0.2, -0.15) is 0 Å². The van der Waals surface area contributed by atoms with Crippen LogP contribution in [-0.4, -0.2) is 29.8 Å². The van der Waals surface area contributed by atoms with Crippen LogP contribution in [0.15, 0.2) is 4.42 Å². The summed E-state index contributed by atoms with van der Waals surface area (Å²) in [4.78, 5) is 2.23. The first-order valence-electron chi connectivity index (χ1n) is 8.25. The van der Waals surface area contributed by atoms with E-state index in [1.807, 2.05) is 6.92 Å². The zero-order valence-electron chi connectivity index (χ0n) is 14.5. The summed E-state index contributed by atoms with van der Waals surface area (Å²) < 4.78 is 5.87. The predicted molar refractivity (Wildman–Crippen MR) is 87.5 cm³/mol. The molecule has 0 aliphatic rings. The van der Waals surface area contributed by atoms with Crippen molar-refractivity contribution in [3.63, 3.8) is 0 Å². The molecule has 0 saturated carbocycles. The number of nitrogens with one attached hydrogen (secondary N) is 1. The molecule has 0 aliphatic heterocycles. The number of hydrogen-bond acceptors (Lipinski definition) is 5. The third-order valence-corrected chi connectivity index (χ3v) is 3.53. The molecule has 1 heterocycles. The molecule has 0 aliphatic carbocycles. The Labute approximate surface area is 129 Å². The Morgan fingerprint density at radius 3 is 2.05 bits per heavy atom. The quantitative estimate of drug-likeness (QED) is 0.714. The van der Waals surface area contributed by atoms with Crippen molar-refractivity contribution in [2.24, 2.45) is 11.8 Å². The van der Waals surface area contributed by atoms with Gasteiger partial charge in [-0.05, 0) is 38.1 Å². The van der Waals surface area contributed by atoms with Gasteiger partial charge in [0.25, 0.3) is 0 Å². The highest BCUT2D eigenvalue weighted by atomic mass is 16.4. The first-order valence-corrected chi connectivity index (χ1v) is 8.25. The SMILES string of the molecule is CCNC(C)c1nnc(N(CCC(C)C)CCC(C)C)o1. The maximum absolute atomic E-state index is 5.87. The van der Waals surface area contributed by atoms with Gasteiger partial charge in [0.2, 0.25) is 5.89 Å². The van der Waals surface area contributed by atoms with Crippen molar-refractivity contribution in [2.75, 3.05) is 24.5 Å². The van der Waals surface area contributed by atoms with Crippen LogP contribution < -0.4 is 10.2 Å². The van der Waals surface area contributed by atoms with E-state index in [0.717, 1.165) is 32.5 Å². The Morgan fingerprint density at radius 1 is 1.00 bits per heavy atom. The first kappa shape index (κ1) is 18.0. The van der Waals surface area contributed by atoms with Gasteiger partial charge in [0.1, 0.15) is 0 Å². The monoisotopic (exact) mass is 296 g/mol. The van der Waals surface area contributed by atoms with E-state index in [4.69, 9.17) is 4.42 Å². The van der Waals surface area contributed by atoms with Gasteiger partial charge in [-0.15, -0.1) is 5.10 Å². The molecular formula is C16H32N4O. The maximum Gasteiger partial charge on any atom is 0.318 e. The molecule has 1 aromatic rings. The minimum atomic E-state index is 0.105. The molecule has 5 nitrogen and oxygen atoms in total. The molecule has 0 aromatic carbocycles. The summed E-state index contributed by atoms with van der Waals surface area (Å²) in [7, 11) is 0. The second-order valence-electron chi connectivity index (χ2n) is 6.55. The normalized spacial score (nSPS) is 13.1. The molecule has 5 heteroatoms. The summed E-state index contributed by atoms with van der Waals surface area (Å²) in [5.74, 6) is 2.02. The fourth-order valence-electron chi connectivity index (χ4n) is 2.05. The summed E-state index contributed by atoms with van der Waals surface area (Å²) >= 11 is 0. The van der Waals surface area contributed by atoms with Crippen molar-refractivity contribution in [3.05, 3.63) is 5.89 Å². The van der Waals surface area contributed by atoms with Crippen LogP contribution in [0.2, 0.25) is 0 Å². The van der Waals surface area contributed by atoms with Crippen molar-refractivity contribution >= 4 is 6.01 Å². The maximum atomic E-state index is 5.87. The number of hydrogen-bond donors (Lipinski definition) is 1. The zero-order chi connectivity index (χ0) is 15.8. The lowest BCUT2D eigenvalue weighted by atomic mass is 10.1. The highest BCUT2D eigenvalue weighted by molar-refractivity contribution is 5.24. The van der Waals surface area contributed by atoms with Crippen molar-refractivity contribution < 1.29 is 4.42 Å². The summed E-state index contributed by atoms with van der Waals surface area (Å²) in [6.07, 6.45) is 2.27. The van der Waals surface area contributed by atoms with Crippen molar-refractivity contribution in [3.8, 4) is 0 Å². The number of anilines is 1. The third kappa shape index (κ3) is 6.46.